The molecule has 1 fully saturated rings. The van der Waals surface area contributed by atoms with Crippen LogP contribution in [-0.2, 0) is 10.0 Å². The zero-order valence-corrected chi connectivity index (χ0v) is 14.1. The van der Waals surface area contributed by atoms with Crippen molar-refractivity contribution in [1.82, 2.24) is 24.2 Å². The number of aromatic amines is 1. The van der Waals surface area contributed by atoms with Crippen molar-refractivity contribution in [3.05, 3.63) is 23.7 Å². The van der Waals surface area contributed by atoms with Crippen molar-refractivity contribution in [1.29, 1.82) is 0 Å². The molecule has 124 valence electrons. The Labute approximate surface area is 139 Å². The number of nitrogens with zero attached hydrogens (tertiary/aromatic N) is 4. The fraction of sp³-hybridized carbons (Fsp3) is 0.462. The first-order chi connectivity index (χ1) is 10.9. The minimum atomic E-state index is -3.12. The van der Waals surface area contributed by atoms with Gasteiger partial charge in [-0.05, 0) is 12.8 Å². The molecule has 0 aromatic carbocycles. The summed E-state index contributed by atoms with van der Waals surface area (Å²) in [5.41, 5.74) is 1.20. The molecule has 2 N–H and O–H groups in total. The Hall–Kier alpha value is -1.71. The van der Waals surface area contributed by atoms with E-state index in [0.717, 1.165) is 0 Å². The van der Waals surface area contributed by atoms with E-state index in [2.05, 4.69) is 25.3 Å². The number of H-pyrrole nitrogens is 1. The molecule has 3 heterocycles. The normalized spacial score (nSPS) is 17.3. The van der Waals surface area contributed by atoms with Crippen LogP contribution in [0.2, 0.25) is 5.02 Å². The number of imidazole rings is 1. The molecule has 23 heavy (non-hydrogen) atoms. The van der Waals surface area contributed by atoms with E-state index in [0.29, 0.717) is 48.3 Å². The van der Waals surface area contributed by atoms with E-state index in [-0.39, 0.29) is 6.04 Å². The van der Waals surface area contributed by atoms with Gasteiger partial charge in [-0.25, -0.2) is 27.7 Å². The third-order valence-electron chi connectivity index (χ3n) is 3.74. The van der Waals surface area contributed by atoms with Crippen LogP contribution in [0.5, 0.6) is 0 Å². The van der Waals surface area contributed by atoms with Crippen molar-refractivity contribution in [3.63, 3.8) is 0 Å². The Morgan fingerprint density at radius 2 is 2.09 bits per heavy atom. The Balaban J connectivity index is 1.69. The fourth-order valence-corrected chi connectivity index (χ4v) is 3.58. The zero-order valence-electron chi connectivity index (χ0n) is 12.5. The summed E-state index contributed by atoms with van der Waals surface area (Å²) < 4.78 is 24.5. The minimum Gasteiger partial charge on any atom is -0.351 e. The van der Waals surface area contributed by atoms with E-state index < -0.39 is 10.0 Å². The van der Waals surface area contributed by atoms with Crippen LogP contribution in [0.1, 0.15) is 12.8 Å². The van der Waals surface area contributed by atoms with Crippen LogP contribution in [-0.4, -0.2) is 58.0 Å². The Morgan fingerprint density at radius 3 is 2.70 bits per heavy atom. The summed E-state index contributed by atoms with van der Waals surface area (Å²) in [7, 11) is -3.12. The van der Waals surface area contributed by atoms with Crippen molar-refractivity contribution in [3.8, 4) is 11.4 Å². The lowest BCUT2D eigenvalue weighted by molar-refractivity contribution is 0.331. The van der Waals surface area contributed by atoms with Crippen molar-refractivity contribution in [2.45, 2.75) is 18.9 Å². The molecule has 0 amide bonds. The van der Waals surface area contributed by atoms with Crippen LogP contribution in [0, 0.1) is 0 Å². The molecule has 0 bridgehead atoms. The minimum absolute atomic E-state index is 0.126. The van der Waals surface area contributed by atoms with Crippen molar-refractivity contribution in [2.24, 2.45) is 0 Å². The van der Waals surface area contributed by atoms with Gasteiger partial charge < -0.3 is 10.3 Å². The molecule has 0 saturated carbocycles. The molecule has 3 rings (SSSR count). The first-order valence-electron chi connectivity index (χ1n) is 7.17. The maximum absolute atomic E-state index is 11.5. The van der Waals surface area contributed by atoms with Crippen LogP contribution < -0.4 is 5.32 Å². The van der Waals surface area contributed by atoms with Gasteiger partial charge in [-0.3, -0.25) is 0 Å². The summed E-state index contributed by atoms with van der Waals surface area (Å²) in [5, 5.41) is 3.67. The summed E-state index contributed by atoms with van der Waals surface area (Å²) in [4.78, 5) is 15.6. The molecule has 2 aromatic rings. The average molecular weight is 357 g/mol. The van der Waals surface area contributed by atoms with E-state index in [9.17, 15) is 8.42 Å². The van der Waals surface area contributed by atoms with Gasteiger partial charge in [-0.1, -0.05) is 11.6 Å². The van der Waals surface area contributed by atoms with Crippen LogP contribution in [0.25, 0.3) is 11.4 Å². The van der Waals surface area contributed by atoms with Gasteiger partial charge in [0, 0.05) is 25.3 Å². The highest BCUT2D eigenvalue weighted by atomic mass is 35.5. The van der Waals surface area contributed by atoms with Gasteiger partial charge in [0.15, 0.2) is 0 Å². The molecule has 0 radical (unpaired) electrons. The lowest BCUT2D eigenvalue weighted by atomic mass is 10.1. The molecule has 1 aliphatic heterocycles. The van der Waals surface area contributed by atoms with Gasteiger partial charge in [-0.15, -0.1) is 0 Å². The van der Waals surface area contributed by atoms with Gasteiger partial charge in [0.05, 0.1) is 23.8 Å². The van der Waals surface area contributed by atoms with Gasteiger partial charge >= 0.3 is 0 Å². The largest absolute Gasteiger partial charge is 0.351 e. The lowest BCUT2D eigenvalue weighted by Gasteiger charge is -2.30. The average Bonchev–Trinajstić information content (AvgIpc) is 3.03. The number of piperidine rings is 1. The number of hydrogen-bond acceptors (Lipinski definition) is 6. The molecular weight excluding hydrogens is 340 g/mol. The van der Waals surface area contributed by atoms with Gasteiger partial charge in [-0.2, -0.15) is 0 Å². The molecule has 1 aliphatic rings. The second-order valence-electron chi connectivity index (χ2n) is 5.43. The van der Waals surface area contributed by atoms with Crippen LogP contribution >= 0.6 is 11.6 Å². The van der Waals surface area contributed by atoms with E-state index in [1.54, 1.807) is 12.5 Å². The molecule has 10 heteroatoms. The summed E-state index contributed by atoms with van der Waals surface area (Å²) >= 11 is 6.12. The number of hydrogen-bond donors (Lipinski definition) is 2. The lowest BCUT2D eigenvalue weighted by Crippen LogP contribution is -2.42. The molecule has 1 saturated heterocycles. The van der Waals surface area contributed by atoms with E-state index in [4.69, 9.17) is 11.6 Å². The molecule has 2 aromatic heterocycles. The number of rotatable bonds is 4. The Kier molecular flexibility index (Phi) is 4.51. The Morgan fingerprint density at radius 1 is 1.35 bits per heavy atom. The maximum atomic E-state index is 11.5. The SMILES string of the molecule is CS(=O)(=O)N1CCC(Nc2ncc(Cl)c(-c3c[nH]cn3)n2)CC1. The van der Waals surface area contributed by atoms with E-state index in [1.807, 2.05) is 0 Å². The molecule has 0 atom stereocenters. The summed E-state index contributed by atoms with van der Waals surface area (Å²) in [6, 6.07) is 0.126. The summed E-state index contributed by atoms with van der Waals surface area (Å²) in [5.74, 6) is 0.463. The molecule has 0 spiro atoms. The summed E-state index contributed by atoms with van der Waals surface area (Å²) in [6.07, 6.45) is 7.45. The molecule has 0 aliphatic carbocycles. The quantitative estimate of drug-likeness (QED) is 0.857. The molecule has 8 nitrogen and oxygen atoms in total. The predicted molar refractivity (Wildman–Crippen MR) is 87.7 cm³/mol. The van der Waals surface area contributed by atoms with Crippen molar-refractivity contribution in [2.75, 3.05) is 24.7 Å². The van der Waals surface area contributed by atoms with Crippen molar-refractivity contribution < 1.29 is 8.42 Å². The number of halogens is 1. The van der Waals surface area contributed by atoms with Crippen LogP contribution in [0.15, 0.2) is 18.7 Å². The number of sulfonamides is 1. The topological polar surface area (TPSA) is 104 Å². The van der Waals surface area contributed by atoms with E-state index in [1.165, 1.54) is 16.8 Å². The third-order valence-corrected chi connectivity index (χ3v) is 5.32. The Bertz CT molecular complexity index is 772. The van der Waals surface area contributed by atoms with Gasteiger partial charge in [0.2, 0.25) is 16.0 Å². The van der Waals surface area contributed by atoms with E-state index >= 15 is 0 Å². The predicted octanol–water partition coefficient (Wildman–Crippen LogP) is 1.36. The second-order valence-corrected chi connectivity index (χ2v) is 7.81. The second kappa shape index (κ2) is 6.42. The zero-order chi connectivity index (χ0) is 16.4. The number of anilines is 1. The standard InChI is InChI=1S/C13H17ClN6O2S/c1-23(21,22)20-4-2-9(3-5-20)18-13-16-6-10(14)12(19-13)11-7-15-8-17-11/h6-9H,2-5H2,1H3,(H,15,17)(H,16,18,19). The smallest absolute Gasteiger partial charge is 0.223 e. The third kappa shape index (κ3) is 3.80. The summed E-state index contributed by atoms with van der Waals surface area (Å²) in [6.45, 7) is 0.993. The maximum Gasteiger partial charge on any atom is 0.223 e. The first kappa shape index (κ1) is 16.2. The molecule has 0 unspecified atom stereocenters. The van der Waals surface area contributed by atoms with Gasteiger partial charge in [0.1, 0.15) is 11.4 Å². The first-order valence-corrected chi connectivity index (χ1v) is 9.39. The molecular formula is C13H17ClN6O2S. The number of aromatic nitrogens is 4. The highest BCUT2D eigenvalue weighted by Gasteiger charge is 2.25. The fourth-order valence-electron chi connectivity index (χ4n) is 2.52. The van der Waals surface area contributed by atoms with Crippen LogP contribution in [0.4, 0.5) is 5.95 Å². The van der Waals surface area contributed by atoms with Gasteiger partial charge in [0.25, 0.3) is 0 Å². The monoisotopic (exact) mass is 356 g/mol. The van der Waals surface area contributed by atoms with Crippen molar-refractivity contribution >= 4 is 27.6 Å². The number of nitrogens with one attached hydrogen (secondary N) is 2. The highest BCUT2D eigenvalue weighted by molar-refractivity contribution is 7.88. The van der Waals surface area contributed by atoms with Crippen LogP contribution in [0.3, 0.4) is 0 Å². The highest BCUT2D eigenvalue weighted by Crippen LogP contribution is 2.25.